The van der Waals surface area contributed by atoms with Crippen LogP contribution in [0.4, 0.5) is 14.9 Å². The average molecular weight is 351 g/mol. The highest BCUT2D eigenvalue weighted by Gasteiger charge is 2.30. The summed E-state index contributed by atoms with van der Waals surface area (Å²) in [6.45, 7) is 2.33. The number of carbonyl (C=O) groups excluding carboxylic acids is 1. The molecule has 0 saturated carbocycles. The minimum Gasteiger partial charge on any atom is -0.308 e. The van der Waals surface area contributed by atoms with Gasteiger partial charge in [0, 0.05) is 23.0 Å². The lowest BCUT2D eigenvalue weighted by molar-refractivity contribution is 0.214. The van der Waals surface area contributed by atoms with E-state index >= 15 is 0 Å². The Morgan fingerprint density at radius 3 is 2.91 bits per heavy atom. The summed E-state index contributed by atoms with van der Waals surface area (Å²) in [5.41, 5.74) is 2.00. The lowest BCUT2D eigenvalue weighted by Crippen LogP contribution is -2.34. The minimum absolute atomic E-state index is 0.0796. The fourth-order valence-corrected chi connectivity index (χ4v) is 3.92. The zero-order valence-corrected chi connectivity index (χ0v) is 14.1. The van der Waals surface area contributed by atoms with Crippen LogP contribution in [0.3, 0.4) is 0 Å². The van der Waals surface area contributed by atoms with Crippen molar-refractivity contribution < 1.29 is 9.18 Å². The summed E-state index contributed by atoms with van der Waals surface area (Å²) in [7, 11) is 0. The Labute approximate surface area is 143 Å². The van der Waals surface area contributed by atoms with Gasteiger partial charge in [0.2, 0.25) is 0 Å². The van der Waals surface area contributed by atoms with E-state index in [0.717, 1.165) is 11.3 Å². The first-order valence-corrected chi connectivity index (χ1v) is 8.68. The van der Waals surface area contributed by atoms with Crippen molar-refractivity contribution in [3.05, 3.63) is 64.4 Å². The summed E-state index contributed by atoms with van der Waals surface area (Å²) < 4.78 is 13.6. The Bertz CT molecular complexity index is 740. The number of urea groups is 1. The van der Waals surface area contributed by atoms with Crippen LogP contribution < -0.4 is 5.32 Å². The molecule has 2 aromatic carbocycles. The van der Waals surface area contributed by atoms with Gasteiger partial charge in [-0.3, -0.25) is 0 Å². The quantitative estimate of drug-likeness (QED) is 0.820. The molecule has 6 heteroatoms. The number of halogens is 2. The molecule has 1 fully saturated rings. The number of anilines is 1. The molecule has 0 bridgehead atoms. The molecule has 120 valence electrons. The van der Waals surface area contributed by atoms with Crippen molar-refractivity contribution in [2.45, 2.75) is 12.3 Å². The molecule has 3 nitrogen and oxygen atoms in total. The predicted octanol–water partition coefficient (Wildman–Crippen LogP) is 5.07. The molecule has 2 amide bonds. The topological polar surface area (TPSA) is 32.3 Å². The highest BCUT2D eigenvalue weighted by Crippen LogP contribution is 2.38. The molecule has 1 unspecified atom stereocenters. The van der Waals surface area contributed by atoms with Crippen LogP contribution in [0, 0.1) is 12.7 Å². The number of hydrogen-bond donors (Lipinski definition) is 1. The second-order valence-electron chi connectivity index (χ2n) is 5.37. The molecule has 0 spiro atoms. The summed E-state index contributed by atoms with van der Waals surface area (Å²) in [5, 5.41) is 3.34. The van der Waals surface area contributed by atoms with Crippen molar-refractivity contribution >= 4 is 35.1 Å². The second-order valence-corrected chi connectivity index (χ2v) is 6.99. The van der Waals surface area contributed by atoms with E-state index in [9.17, 15) is 9.18 Å². The molecule has 0 aromatic heterocycles. The van der Waals surface area contributed by atoms with Crippen molar-refractivity contribution in [1.29, 1.82) is 0 Å². The highest BCUT2D eigenvalue weighted by atomic mass is 35.5. The number of nitrogens with zero attached hydrogens (tertiary/aromatic N) is 1. The van der Waals surface area contributed by atoms with E-state index in [1.807, 2.05) is 24.3 Å². The Morgan fingerprint density at radius 2 is 2.17 bits per heavy atom. The van der Waals surface area contributed by atoms with Crippen LogP contribution in [-0.4, -0.2) is 23.2 Å². The SMILES string of the molecule is Cc1ccc(NC(=O)N2CCSC2c2cccc(Cl)c2)cc1F. The van der Waals surface area contributed by atoms with Crippen molar-refractivity contribution in [3.8, 4) is 0 Å². The molecule has 1 saturated heterocycles. The molecule has 2 aromatic rings. The number of rotatable bonds is 2. The van der Waals surface area contributed by atoms with Crippen LogP contribution in [0.5, 0.6) is 0 Å². The number of amides is 2. The van der Waals surface area contributed by atoms with E-state index in [0.29, 0.717) is 22.8 Å². The van der Waals surface area contributed by atoms with E-state index in [2.05, 4.69) is 5.32 Å². The smallest absolute Gasteiger partial charge is 0.308 e. The van der Waals surface area contributed by atoms with E-state index in [1.165, 1.54) is 6.07 Å². The molecular weight excluding hydrogens is 335 g/mol. The van der Waals surface area contributed by atoms with Gasteiger partial charge in [0.1, 0.15) is 11.2 Å². The molecule has 1 aliphatic rings. The normalized spacial score (nSPS) is 17.3. The molecule has 23 heavy (non-hydrogen) atoms. The van der Waals surface area contributed by atoms with Crippen LogP contribution in [0.2, 0.25) is 5.02 Å². The van der Waals surface area contributed by atoms with Gasteiger partial charge in [-0.05, 0) is 42.3 Å². The molecule has 1 heterocycles. The molecule has 1 N–H and O–H groups in total. The molecular formula is C17H16ClFN2OS. The van der Waals surface area contributed by atoms with Gasteiger partial charge in [-0.2, -0.15) is 0 Å². The Hall–Kier alpha value is -1.72. The fraction of sp³-hybridized carbons (Fsp3) is 0.235. The van der Waals surface area contributed by atoms with Gasteiger partial charge >= 0.3 is 6.03 Å². The second kappa shape index (κ2) is 6.81. The van der Waals surface area contributed by atoms with Gasteiger partial charge in [0.25, 0.3) is 0 Å². The maximum atomic E-state index is 13.6. The number of thioether (sulfide) groups is 1. The summed E-state index contributed by atoms with van der Waals surface area (Å²) in [6, 6.07) is 12.0. The highest BCUT2D eigenvalue weighted by molar-refractivity contribution is 7.99. The monoisotopic (exact) mass is 350 g/mol. The zero-order chi connectivity index (χ0) is 16.4. The molecule has 0 radical (unpaired) electrons. The Kier molecular flexibility index (Phi) is 4.78. The van der Waals surface area contributed by atoms with Crippen LogP contribution in [0.1, 0.15) is 16.5 Å². The van der Waals surface area contributed by atoms with Gasteiger partial charge < -0.3 is 10.2 Å². The Balaban J connectivity index is 1.76. The first-order valence-electron chi connectivity index (χ1n) is 7.25. The lowest BCUT2D eigenvalue weighted by atomic mass is 10.2. The largest absolute Gasteiger partial charge is 0.323 e. The van der Waals surface area contributed by atoms with Gasteiger partial charge in [0.15, 0.2) is 0 Å². The van der Waals surface area contributed by atoms with Crippen molar-refractivity contribution in [2.24, 2.45) is 0 Å². The molecule has 1 atom stereocenters. The van der Waals surface area contributed by atoms with Gasteiger partial charge in [-0.1, -0.05) is 29.8 Å². The summed E-state index contributed by atoms with van der Waals surface area (Å²) in [6.07, 6.45) is 0. The maximum absolute atomic E-state index is 13.6. The third-order valence-corrected chi connectivity index (χ3v) is 5.20. The molecule has 0 aliphatic carbocycles. The summed E-state index contributed by atoms with van der Waals surface area (Å²) >= 11 is 7.73. The van der Waals surface area contributed by atoms with Crippen LogP contribution in [-0.2, 0) is 0 Å². The van der Waals surface area contributed by atoms with Crippen molar-refractivity contribution in [1.82, 2.24) is 4.90 Å². The standard InChI is InChI=1S/C17H16ClFN2OS/c1-11-5-6-14(10-15(11)19)20-17(22)21-7-8-23-16(21)12-3-2-4-13(18)9-12/h2-6,9-10,16H,7-8H2,1H3,(H,20,22). The summed E-state index contributed by atoms with van der Waals surface area (Å²) in [4.78, 5) is 14.3. The number of hydrogen-bond acceptors (Lipinski definition) is 2. The van der Waals surface area contributed by atoms with Crippen molar-refractivity contribution in [2.75, 3.05) is 17.6 Å². The van der Waals surface area contributed by atoms with Crippen LogP contribution >= 0.6 is 23.4 Å². The van der Waals surface area contributed by atoms with E-state index in [4.69, 9.17) is 11.6 Å². The molecule has 1 aliphatic heterocycles. The van der Waals surface area contributed by atoms with Crippen LogP contribution in [0.15, 0.2) is 42.5 Å². The number of carbonyl (C=O) groups is 1. The average Bonchev–Trinajstić information content (AvgIpc) is 3.00. The zero-order valence-electron chi connectivity index (χ0n) is 12.6. The number of benzene rings is 2. The van der Waals surface area contributed by atoms with Gasteiger partial charge in [-0.15, -0.1) is 11.8 Å². The number of nitrogens with one attached hydrogen (secondary N) is 1. The number of aryl methyl sites for hydroxylation is 1. The van der Waals surface area contributed by atoms with E-state index < -0.39 is 0 Å². The lowest BCUT2D eigenvalue weighted by Gasteiger charge is -2.24. The third kappa shape index (κ3) is 3.62. The predicted molar refractivity (Wildman–Crippen MR) is 93.5 cm³/mol. The first-order chi connectivity index (χ1) is 11.0. The summed E-state index contributed by atoms with van der Waals surface area (Å²) in [5.74, 6) is 0.525. The minimum atomic E-state index is -0.329. The fourth-order valence-electron chi connectivity index (χ4n) is 2.48. The maximum Gasteiger partial charge on any atom is 0.323 e. The third-order valence-electron chi connectivity index (χ3n) is 3.71. The van der Waals surface area contributed by atoms with E-state index in [-0.39, 0.29) is 17.2 Å². The van der Waals surface area contributed by atoms with Crippen LogP contribution in [0.25, 0.3) is 0 Å². The van der Waals surface area contributed by atoms with Gasteiger partial charge in [-0.25, -0.2) is 9.18 Å². The van der Waals surface area contributed by atoms with Gasteiger partial charge in [0.05, 0.1) is 0 Å². The van der Waals surface area contributed by atoms with E-state index in [1.54, 1.807) is 35.7 Å². The molecule has 3 rings (SSSR count). The van der Waals surface area contributed by atoms with Crippen molar-refractivity contribution in [3.63, 3.8) is 0 Å². The first kappa shape index (κ1) is 16.1. The Morgan fingerprint density at radius 1 is 1.35 bits per heavy atom.